The van der Waals surface area contributed by atoms with Gasteiger partial charge in [-0.3, -0.25) is 4.79 Å². The van der Waals surface area contributed by atoms with Gasteiger partial charge in [0, 0.05) is 12.2 Å². The van der Waals surface area contributed by atoms with Gasteiger partial charge in [0.25, 0.3) is 0 Å². The summed E-state index contributed by atoms with van der Waals surface area (Å²) in [5.41, 5.74) is 0. The molecule has 0 radical (unpaired) electrons. The molecular weight excluding hydrogens is 260 g/mol. The largest absolute Gasteiger partial charge is 0.748 e. The van der Waals surface area contributed by atoms with Crippen LogP contribution in [0, 0.1) is 0 Å². The third kappa shape index (κ3) is 21.7. The van der Waals surface area contributed by atoms with Crippen LogP contribution in [-0.4, -0.2) is 42.8 Å². The summed E-state index contributed by atoms with van der Waals surface area (Å²) < 4.78 is 29.5. The molecule has 6 heteroatoms. The molecule has 0 N–H and O–H groups in total. The highest BCUT2D eigenvalue weighted by atomic mass is 32.2. The van der Waals surface area contributed by atoms with E-state index in [9.17, 15) is 17.8 Å². The van der Waals surface area contributed by atoms with Gasteiger partial charge in [-0.2, -0.15) is 0 Å². The smallest absolute Gasteiger partial charge is 0.181 e. The van der Waals surface area contributed by atoms with Crippen LogP contribution < -0.4 is 0 Å². The number of unbranched alkanes of at least 4 members (excludes halogenated alkanes) is 1. The molecule has 4 nitrogen and oxygen atoms in total. The molecule has 17 heavy (non-hydrogen) atoms. The first kappa shape index (κ1) is 19.3. The molecule has 0 bridgehead atoms. The first-order valence-corrected chi connectivity index (χ1v) is 9.51. The van der Waals surface area contributed by atoms with E-state index in [-0.39, 0.29) is 5.75 Å². The van der Waals surface area contributed by atoms with Gasteiger partial charge in [-0.05, 0) is 23.7 Å². The van der Waals surface area contributed by atoms with E-state index < -0.39 is 10.1 Å². The van der Waals surface area contributed by atoms with E-state index in [1.165, 1.54) is 0 Å². The van der Waals surface area contributed by atoms with Crippen LogP contribution >= 0.6 is 0 Å². The lowest BCUT2D eigenvalue weighted by Gasteiger charge is -2.02. The maximum absolute atomic E-state index is 10.9. The van der Waals surface area contributed by atoms with Gasteiger partial charge in [0.05, 0.1) is 22.6 Å². The van der Waals surface area contributed by atoms with Crippen LogP contribution in [-0.2, 0) is 25.8 Å². The monoisotopic (exact) mass is 284 g/mol. The van der Waals surface area contributed by atoms with Crippen molar-refractivity contribution in [3.63, 3.8) is 0 Å². The number of rotatable bonds is 7. The van der Waals surface area contributed by atoms with E-state index in [2.05, 4.69) is 12.5 Å². The van der Waals surface area contributed by atoms with Crippen molar-refractivity contribution < 1.29 is 17.8 Å². The van der Waals surface area contributed by atoms with Gasteiger partial charge in [-0.15, -0.1) is 0 Å². The minimum absolute atomic E-state index is 0.219. The van der Waals surface area contributed by atoms with Crippen molar-refractivity contribution in [2.75, 3.05) is 24.0 Å². The molecule has 0 aliphatic heterocycles. The van der Waals surface area contributed by atoms with Crippen LogP contribution in [0.1, 0.15) is 39.5 Å². The van der Waals surface area contributed by atoms with E-state index in [4.69, 9.17) is 0 Å². The number of carbonyl (C=O) groups is 1. The Labute approximate surface area is 108 Å². The Morgan fingerprint density at radius 2 is 1.71 bits per heavy atom. The normalized spacial score (nSPS) is 10.9. The minimum atomic E-state index is -3.94. The summed E-state index contributed by atoms with van der Waals surface area (Å²) in [6, 6.07) is 0. The highest BCUT2D eigenvalue weighted by Gasteiger charge is 2.09. The second-order valence-electron chi connectivity index (χ2n) is 4.03. The molecular formula is C11H24O4S2. The van der Waals surface area contributed by atoms with E-state index in [0.717, 1.165) is 25.0 Å². The Hall–Kier alpha value is -0.0700. The summed E-state index contributed by atoms with van der Waals surface area (Å²) in [5, 5.41) is 0. The molecule has 0 atom stereocenters. The maximum atomic E-state index is 10.9. The van der Waals surface area contributed by atoms with Crippen LogP contribution in [0.3, 0.4) is 0 Å². The first-order valence-electron chi connectivity index (χ1n) is 5.72. The number of hydrogen-bond acceptors (Lipinski definition) is 4. The van der Waals surface area contributed by atoms with Crippen molar-refractivity contribution in [2.24, 2.45) is 0 Å². The summed E-state index contributed by atoms with van der Waals surface area (Å²) in [7, 11) is -3.63. The fourth-order valence-corrected chi connectivity index (χ4v) is 2.42. The molecule has 0 heterocycles. The lowest BCUT2D eigenvalue weighted by molar-refractivity contribution is -0.116. The van der Waals surface area contributed by atoms with Crippen molar-refractivity contribution in [3.8, 4) is 0 Å². The average molecular weight is 284 g/mol. The lowest BCUT2D eigenvalue weighted by Crippen LogP contribution is -2.12. The Kier molecular flexibility index (Phi) is 12.5. The molecule has 0 rings (SSSR count). The first-order chi connectivity index (χ1) is 7.72. The zero-order valence-corrected chi connectivity index (χ0v) is 12.8. The van der Waals surface area contributed by atoms with E-state index >= 15 is 0 Å². The molecule has 0 spiro atoms. The van der Waals surface area contributed by atoms with Crippen LogP contribution in [0.25, 0.3) is 0 Å². The summed E-state index contributed by atoms with van der Waals surface area (Å²) in [6.45, 7) is 3.88. The van der Waals surface area contributed by atoms with E-state index in [1.54, 1.807) is 0 Å². The zero-order valence-electron chi connectivity index (χ0n) is 11.2. The van der Waals surface area contributed by atoms with Gasteiger partial charge in [0.2, 0.25) is 0 Å². The van der Waals surface area contributed by atoms with Gasteiger partial charge >= 0.3 is 0 Å². The third-order valence-corrected chi connectivity index (χ3v) is 3.41. The predicted octanol–water partition coefficient (Wildman–Crippen LogP) is 1.57. The van der Waals surface area contributed by atoms with Crippen molar-refractivity contribution in [1.29, 1.82) is 0 Å². The van der Waals surface area contributed by atoms with E-state index in [0.29, 0.717) is 23.1 Å². The lowest BCUT2D eigenvalue weighted by atomic mass is 10.3. The van der Waals surface area contributed by atoms with Crippen molar-refractivity contribution in [3.05, 3.63) is 0 Å². The fourth-order valence-electron chi connectivity index (χ4n) is 0.994. The number of Topliss-reactive ketones (excluding diaryl/α,β-unsaturated/α-hetero) is 1. The van der Waals surface area contributed by atoms with Crippen LogP contribution in [0.2, 0.25) is 0 Å². The minimum Gasteiger partial charge on any atom is -0.748 e. The third-order valence-electron chi connectivity index (χ3n) is 1.73. The summed E-state index contributed by atoms with van der Waals surface area (Å²) in [4.78, 5) is 10.9. The summed E-state index contributed by atoms with van der Waals surface area (Å²) in [6.07, 6.45) is 7.20. The Balaban J connectivity index is 0. The van der Waals surface area contributed by atoms with Gasteiger partial charge in [0.15, 0.2) is 11.5 Å². The van der Waals surface area contributed by atoms with Crippen molar-refractivity contribution in [1.82, 2.24) is 0 Å². The highest BCUT2D eigenvalue weighted by molar-refractivity contribution is 7.96. The standard InChI is InChI=1S/C7H15OS.C4H10O3S/c1-4-5-7(8)6-9(2)3;1-2-3-4-8(5,6)7/h4-6H2,1-3H3;2-4H2,1H3,(H,5,6,7)/q+1;/p-1. The zero-order chi connectivity index (χ0) is 13.9. The van der Waals surface area contributed by atoms with Gasteiger partial charge in [-0.1, -0.05) is 20.3 Å². The van der Waals surface area contributed by atoms with Crippen LogP contribution in [0.4, 0.5) is 0 Å². The number of carbonyl (C=O) groups excluding carboxylic acids is 1. The summed E-state index contributed by atoms with van der Waals surface area (Å²) >= 11 is 0. The maximum Gasteiger partial charge on any atom is 0.181 e. The molecule has 0 aromatic rings. The van der Waals surface area contributed by atoms with Gasteiger partial charge in [0.1, 0.15) is 0 Å². The highest BCUT2D eigenvalue weighted by Crippen LogP contribution is 1.93. The van der Waals surface area contributed by atoms with Gasteiger partial charge < -0.3 is 4.55 Å². The number of ketones is 1. The average Bonchev–Trinajstić information content (AvgIpc) is 2.13. The molecule has 0 unspecified atom stereocenters. The Bertz CT molecular complexity index is 284. The second kappa shape index (κ2) is 11.0. The van der Waals surface area contributed by atoms with Gasteiger partial charge in [-0.25, -0.2) is 8.42 Å². The molecule has 0 fully saturated rings. The Morgan fingerprint density at radius 3 is 1.94 bits per heavy atom. The Morgan fingerprint density at radius 1 is 1.18 bits per heavy atom. The van der Waals surface area contributed by atoms with Crippen molar-refractivity contribution >= 4 is 26.8 Å². The molecule has 0 amide bonds. The molecule has 0 aromatic heterocycles. The molecule has 0 saturated carbocycles. The fraction of sp³-hybridized carbons (Fsp3) is 0.909. The van der Waals surface area contributed by atoms with Crippen LogP contribution in [0.15, 0.2) is 0 Å². The molecule has 0 aliphatic rings. The molecule has 104 valence electrons. The topological polar surface area (TPSA) is 74.3 Å². The van der Waals surface area contributed by atoms with E-state index in [1.807, 2.05) is 13.8 Å². The van der Waals surface area contributed by atoms with Crippen LogP contribution in [0.5, 0.6) is 0 Å². The molecule has 0 saturated heterocycles. The molecule has 0 aliphatic carbocycles. The quantitative estimate of drug-likeness (QED) is 0.525. The number of hydrogen-bond donors (Lipinski definition) is 0. The second-order valence-corrected chi connectivity index (χ2v) is 7.82. The van der Waals surface area contributed by atoms with Crippen molar-refractivity contribution in [2.45, 2.75) is 39.5 Å². The SMILES string of the molecule is CCCC(=O)C[S+](C)C.CCCCS(=O)(=O)[O-]. The summed E-state index contributed by atoms with van der Waals surface area (Å²) in [5.74, 6) is 0.989. The predicted molar refractivity (Wildman–Crippen MR) is 73.5 cm³/mol. The molecule has 0 aromatic carbocycles.